The lowest BCUT2D eigenvalue weighted by atomic mass is 10.1. The first-order valence-electron chi connectivity index (χ1n) is 9.54. The molecule has 5 rings (SSSR count). The highest BCUT2D eigenvalue weighted by molar-refractivity contribution is 6.08. The van der Waals surface area contributed by atoms with Gasteiger partial charge in [-0.05, 0) is 36.4 Å². The Morgan fingerprint density at radius 2 is 1.73 bits per heavy atom. The van der Waals surface area contributed by atoms with Crippen LogP contribution in [0.2, 0.25) is 0 Å². The molecule has 2 aromatic carbocycles. The van der Waals surface area contributed by atoms with Crippen LogP contribution >= 0.6 is 0 Å². The van der Waals surface area contributed by atoms with E-state index in [2.05, 4.69) is 20.6 Å². The Hall–Kier alpha value is -4.13. The fourth-order valence-electron chi connectivity index (χ4n) is 3.31. The van der Waals surface area contributed by atoms with Gasteiger partial charge in [0.25, 0.3) is 5.91 Å². The maximum atomic E-state index is 12.8. The van der Waals surface area contributed by atoms with Crippen LogP contribution in [0.5, 0.6) is 11.5 Å². The van der Waals surface area contributed by atoms with Crippen LogP contribution in [-0.4, -0.2) is 29.1 Å². The smallest absolute Gasteiger partial charge is 0.255 e. The number of aromatic nitrogens is 2. The van der Waals surface area contributed by atoms with Gasteiger partial charge < -0.3 is 20.1 Å². The van der Waals surface area contributed by atoms with Crippen molar-refractivity contribution in [3.05, 3.63) is 78.6 Å². The number of nitrogens with zero attached hydrogens (tertiary/aromatic N) is 2. The van der Waals surface area contributed by atoms with E-state index in [1.165, 1.54) is 0 Å². The Morgan fingerprint density at radius 3 is 2.67 bits per heavy atom. The highest BCUT2D eigenvalue weighted by Crippen LogP contribution is 2.33. The molecule has 0 saturated heterocycles. The molecule has 2 aromatic heterocycles. The summed E-state index contributed by atoms with van der Waals surface area (Å²) < 4.78 is 11.1. The average molecular weight is 398 g/mol. The van der Waals surface area contributed by atoms with Crippen molar-refractivity contribution in [2.45, 2.75) is 0 Å². The number of fused-ring (bicyclic) bond motifs is 2. The molecule has 0 bridgehead atoms. The van der Waals surface area contributed by atoms with Crippen LogP contribution in [0.25, 0.3) is 10.9 Å². The minimum absolute atomic E-state index is 0.235. The molecule has 148 valence electrons. The van der Waals surface area contributed by atoms with Crippen molar-refractivity contribution in [1.29, 1.82) is 0 Å². The zero-order chi connectivity index (χ0) is 20.3. The highest BCUT2D eigenvalue weighted by atomic mass is 16.6. The third-order valence-electron chi connectivity index (χ3n) is 4.72. The first-order chi connectivity index (χ1) is 14.8. The zero-order valence-electron chi connectivity index (χ0n) is 16.0. The third-order valence-corrected chi connectivity index (χ3v) is 4.72. The minimum atomic E-state index is -0.235. The summed E-state index contributed by atoms with van der Waals surface area (Å²) >= 11 is 0. The molecule has 1 amide bonds. The zero-order valence-corrected chi connectivity index (χ0v) is 16.0. The van der Waals surface area contributed by atoms with Gasteiger partial charge in [0, 0.05) is 35.1 Å². The molecule has 1 aliphatic heterocycles. The Labute approximate surface area is 172 Å². The number of rotatable bonds is 4. The van der Waals surface area contributed by atoms with Gasteiger partial charge in [0.1, 0.15) is 19.0 Å². The summed E-state index contributed by atoms with van der Waals surface area (Å²) in [6.45, 7) is 1.07. The number of anilines is 3. The van der Waals surface area contributed by atoms with Crippen LogP contribution in [0.15, 0.2) is 73.1 Å². The van der Waals surface area contributed by atoms with Crippen LogP contribution in [0.4, 0.5) is 17.2 Å². The van der Waals surface area contributed by atoms with E-state index in [0.717, 1.165) is 22.3 Å². The molecule has 3 heterocycles. The van der Waals surface area contributed by atoms with E-state index in [1.807, 2.05) is 48.5 Å². The van der Waals surface area contributed by atoms with Gasteiger partial charge in [-0.25, -0.2) is 4.98 Å². The number of hydrogen-bond donors (Lipinski definition) is 2. The number of carbonyl (C=O) groups excluding carboxylic acids is 1. The summed E-state index contributed by atoms with van der Waals surface area (Å²) in [5, 5.41) is 7.11. The molecule has 4 aromatic rings. The molecule has 0 spiro atoms. The van der Waals surface area contributed by atoms with Gasteiger partial charge >= 0.3 is 0 Å². The van der Waals surface area contributed by atoms with Crippen molar-refractivity contribution in [1.82, 2.24) is 9.97 Å². The largest absolute Gasteiger partial charge is 0.486 e. The van der Waals surface area contributed by atoms with Crippen molar-refractivity contribution in [2.24, 2.45) is 0 Å². The fraction of sp³-hybridized carbons (Fsp3) is 0.0870. The van der Waals surface area contributed by atoms with Crippen molar-refractivity contribution >= 4 is 34.0 Å². The van der Waals surface area contributed by atoms with E-state index in [4.69, 9.17) is 9.47 Å². The predicted octanol–water partition coefficient (Wildman–Crippen LogP) is 4.40. The van der Waals surface area contributed by atoms with E-state index < -0.39 is 0 Å². The van der Waals surface area contributed by atoms with Crippen molar-refractivity contribution < 1.29 is 14.3 Å². The van der Waals surface area contributed by atoms with E-state index >= 15 is 0 Å². The summed E-state index contributed by atoms with van der Waals surface area (Å²) in [5.74, 6) is 1.72. The SMILES string of the molecule is O=C(Nc1cccc2cccnc12)c1ccnc(Nc2ccc3c(c2)OCCO3)c1. The predicted molar refractivity (Wildman–Crippen MR) is 115 cm³/mol. The summed E-state index contributed by atoms with van der Waals surface area (Å²) in [4.78, 5) is 21.5. The molecule has 7 heteroatoms. The van der Waals surface area contributed by atoms with Gasteiger partial charge in [-0.2, -0.15) is 0 Å². The normalized spacial score (nSPS) is 12.4. The summed E-state index contributed by atoms with van der Waals surface area (Å²) in [5.41, 5.74) is 2.69. The number of para-hydroxylation sites is 1. The number of ether oxygens (including phenoxy) is 2. The summed E-state index contributed by atoms with van der Waals surface area (Å²) in [7, 11) is 0. The molecule has 2 N–H and O–H groups in total. The molecule has 1 aliphatic rings. The van der Waals surface area contributed by atoms with Crippen LogP contribution < -0.4 is 20.1 Å². The lowest BCUT2D eigenvalue weighted by Crippen LogP contribution is -2.15. The molecule has 0 radical (unpaired) electrons. The minimum Gasteiger partial charge on any atom is -0.486 e. The molecular weight excluding hydrogens is 380 g/mol. The number of nitrogens with one attached hydrogen (secondary N) is 2. The average Bonchev–Trinajstić information content (AvgIpc) is 2.79. The molecule has 0 fully saturated rings. The van der Waals surface area contributed by atoms with E-state index in [0.29, 0.717) is 36.0 Å². The van der Waals surface area contributed by atoms with Crippen LogP contribution in [0.1, 0.15) is 10.4 Å². The number of pyridine rings is 2. The van der Waals surface area contributed by atoms with Crippen molar-refractivity contribution in [3.8, 4) is 11.5 Å². The monoisotopic (exact) mass is 398 g/mol. The van der Waals surface area contributed by atoms with Crippen LogP contribution in [-0.2, 0) is 0 Å². The fourth-order valence-corrected chi connectivity index (χ4v) is 3.31. The first-order valence-corrected chi connectivity index (χ1v) is 9.54. The topological polar surface area (TPSA) is 85.4 Å². The summed E-state index contributed by atoms with van der Waals surface area (Å²) in [6.07, 6.45) is 3.30. The van der Waals surface area contributed by atoms with Gasteiger partial charge in [0.15, 0.2) is 11.5 Å². The second-order valence-corrected chi connectivity index (χ2v) is 6.75. The lowest BCUT2D eigenvalue weighted by Gasteiger charge is -2.19. The second-order valence-electron chi connectivity index (χ2n) is 6.75. The lowest BCUT2D eigenvalue weighted by molar-refractivity contribution is 0.102. The summed E-state index contributed by atoms with van der Waals surface area (Å²) in [6, 6.07) is 18.5. The molecule has 30 heavy (non-hydrogen) atoms. The van der Waals surface area contributed by atoms with Crippen LogP contribution in [0, 0.1) is 0 Å². The number of hydrogen-bond acceptors (Lipinski definition) is 6. The molecule has 7 nitrogen and oxygen atoms in total. The number of carbonyl (C=O) groups is 1. The maximum Gasteiger partial charge on any atom is 0.255 e. The van der Waals surface area contributed by atoms with Crippen LogP contribution in [0.3, 0.4) is 0 Å². The Morgan fingerprint density at radius 1 is 0.867 bits per heavy atom. The van der Waals surface area contributed by atoms with Gasteiger partial charge in [0.05, 0.1) is 11.2 Å². The molecule has 0 aliphatic carbocycles. The molecule has 0 unspecified atom stereocenters. The standard InChI is InChI=1S/C23H18N4O3/c28-23(27-18-5-1-3-15-4-2-9-25-22(15)18)16-8-10-24-21(13-16)26-17-6-7-19-20(14-17)30-12-11-29-19/h1-10,13-14H,11-12H2,(H,24,26)(H,27,28). The first kappa shape index (κ1) is 17.9. The Kier molecular flexibility index (Phi) is 4.61. The van der Waals surface area contributed by atoms with Gasteiger partial charge in [-0.15, -0.1) is 0 Å². The third kappa shape index (κ3) is 3.60. The highest BCUT2D eigenvalue weighted by Gasteiger charge is 2.13. The van der Waals surface area contributed by atoms with Gasteiger partial charge in [-0.3, -0.25) is 9.78 Å². The number of benzene rings is 2. The van der Waals surface area contributed by atoms with Gasteiger partial charge in [-0.1, -0.05) is 18.2 Å². The number of amides is 1. The Bertz CT molecular complexity index is 1240. The molecular formula is C23H18N4O3. The molecule has 0 atom stereocenters. The maximum absolute atomic E-state index is 12.8. The van der Waals surface area contributed by atoms with E-state index in [1.54, 1.807) is 24.5 Å². The quantitative estimate of drug-likeness (QED) is 0.530. The van der Waals surface area contributed by atoms with Gasteiger partial charge in [0.2, 0.25) is 0 Å². The van der Waals surface area contributed by atoms with Crippen molar-refractivity contribution in [2.75, 3.05) is 23.8 Å². The van der Waals surface area contributed by atoms with E-state index in [9.17, 15) is 4.79 Å². The molecule has 0 saturated carbocycles. The Balaban J connectivity index is 1.36. The van der Waals surface area contributed by atoms with E-state index in [-0.39, 0.29) is 5.91 Å². The van der Waals surface area contributed by atoms with Crippen molar-refractivity contribution in [3.63, 3.8) is 0 Å². The second kappa shape index (κ2) is 7.71.